The van der Waals surface area contributed by atoms with Gasteiger partial charge in [0.05, 0.1) is 12.6 Å². The molecule has 0 aliphatic carbocycles. The first-order valence-corrected chi connectivity index (χ1v) is 6.83. The lowest BCUT2D eigenvalue weighted by Crippen LogP contribution is -2.51. The quantitative estimate of drug-likeness (QED) is 0.869. The Hall–Kier alpha value is -2.05. The summed E-state index contributed by atoms with van der Waals surface area (Å²) in [7, 11) is 0. The van der Waals surface area contributed by atoms with Crippen molar-refractivity contribution in [2.24, 2.45) is 0 Å². The minimum atomic E-state index is -0.937. The second-order valence-electron chi connectivity index (χ2n) is 5.95. The number of rotatable bonds is 5. The molecule has 1 rings (SSSR count). The van der Waals surface area contributed by atoms with Crippen LogP contribution in [-0.2, 0) is 4.79 Å². The maximum absolute atomic E-state index is 12.3. The molecule has 0 bridgehead atoms. The summed E-state index contributed by atoms with van der Waals surface area (Å²) >= 11 is 0. The van der Waals surface area contributed by atoms with Gasteiger partial charge in [-0.25, -0.2) is 9.78 Å². The van der Waals surface area contributed by atoms with Crippen molar-refractivity contribution in [3.63, 3.8) is 0 Å². The standard InChI is InChI=1S/C14H23N3O4/c1-9-8-15-12(21-9)10(2)16-13(20)17(14(3,4)5)7-6-11(18)19/h8,10H,6-7H2,1-5H3,(H,16,20)(H,18,19). The molecular formula is C14H23N3O4. The van der Waals surface area contributed by atoms with E-state index in [9.17, 15) is 9.59 Å². The van der Waals surface area contributed by atoms with Crippen LogP contribution in [-0.4, -0.2) is 39.1 Å². The zero-order valence-electron chi connectivity index (χ0n) is 13.1. The third kappa shape index (κ3) is 5.09. The van der Waals surface area contributed by atoms with Crippen molar-refractivity contribution in [1.29, 1.82) is 0 Å². The summed E-state index contributed by atoms with van der Waals surface area (Å²) in [5.41, 5.74) is -0.480. The van der Waals surface area contributed by atoms with Crippen LogP contribution in [0.4, 0.5) is 4.79 Å². The highest BCUT2D eigenvalue weighted by Gasteiger charge is 2.28. The van der Waals surface area contributed by atoms with Crippen molar-refractivity contribution in [1.82, 2.24) is 15.2 Å². The van der Waals surface area contributed by atoms with E-state index in [1.165, 1.54) is 4.90 Å². The predicted molar refractivity (Wildman–Crippen MR) is 76.9 cm³/mol. The van der Waals surface area contributed by atoms with E-state index in [1.807, 2.05) is 20.8 Å². The molecule has 7 nitrogen and oxygen atoms in total. The minimum Gasteiger partial charge on any atom is -0.481 e. The van der Waals surface area contributed by atoms with Gasteiger partial charge in [-0.05, 0) is 34.6 Å². The van der Waals surface area contributed by atoms with E-state index in [4.69, 9.17) is 9.52 Å². The zero-order chi connectivity index (χ0) is 16.2. The molecule has 0 aromatic carbocycles. The van der Waals surface area contributed by atoms with Crippen LogP contribution in [0.3, 0.4) is 0 Å². The van der Waals surface area contributed by atoms with Crippen LogP contribution in [0.1, 0.15) is 51.8 Å². The molecular weight excluding hydrogens is 274 g/mol. The van der Waals surface area contributed by atoms with Gasteiger partial charge >= 0.3 is 12.0 Å². The number of nitrogens with one attached hydrogen (secondary N) is 1. The van der Waals surface area contributed by atoms with Gasteiger partial charge in [-0.3, -0.25) is 4.79 Å². The van der Waals surface area contributed by atoms with E-state index < -0.39 is 11.5 Å². The minimum absolute atomic E-state index is 0.100. The van der Waals surface area contributed by atoms with Crippen molar-refractivity contribution in [3.8, 4) is 0 Å². The normalized spacial score (nSPS) is 12.8. The number of aryl methyl sites for hydroxylation is 1. The van der Waals surface area contributed by atoms with Crippen LogP contribution in [0, 0.1) is 6.92 Å². The Kier molecular flexibility index (Phi) is 5.34. The monoisotopic (exact) mass is 297 g/mol. The Morgan fingerprint density at radius 1 is 1.48 bits per heavy atom. The lowest BCUT2D eigenvalue weighted by Gasteiger charge is -2.36. The lowest BCUT2D eigenvalue weighted by molar-refractivity contribution is -0.137. The van der Waals surface area contributed by atoms with Gasteiger partial charge in [-0.2, -0.15) is 0 Å². The smallest absolute Gasteiger partial charge is 0.318 e. The average Bonchev–Trinajstić information content (AvgIpc) is 2.73. The summed E-state index contributed by atoms with van der Waals surface area (Å²) < 4.78 is 5.37. The van der Waals surface area contributed by atoms with E-state index in [1.54, 1.807) is 20.0 Å². The number of amides is 2. The number of hydrogen-bond acceptors (Lipinski definition) is 4. The van der Waals surface area contributed by atoms with Crippen molar-refractivity contribution < 1.29 is 19.1 Å². The lowest BCUT2D eigenvalue weighted by atomic mass is 10.1. The van der Waals surface area contributed by atoms with Gasteiger partial charge < -0.3 is 19.7 Å². The van der Waals surface area contributed by atoms with E-state index >= 15 is 0 Å². The molecule has 1 unspecified atom stereocenters. The highest BCUT2D eigenvalue weighted by Crippen LogP contribution is 2.17. The van der Waals surface area contributed by atoms with Crippen molar-refractivity contribution in [3.05, 3.63) is 17.8 Å². The van der Waals surface area contributed by atoms with E-state index in [0.29, 0.717) is 11.7 Å². The summed E-state index contributed by atoms with van der Waals surface area (Å²) in [6.07, 6.45) is 1.49. The molecule has 0 saturated carbocycles. The van der Waals surface area contributed by atoms with Crippen LogP contribution < -0.4 is 5.32 Å². The van der Waals surface area contributed by atoms with Crippen LogP contribution >= 0.6 is 0 Å². The van der Waals surface area contributed by atoms with E-state index in [-0.39, 0.29) is 25.0 Å². The fourth-order valence-corrected chi connectivity index (χ4v) is 1.85. The molecule has 1 aromatic rings. The van der Waals surface area contributed by atoms with Crippen molar-refractivity contribution >= 4 is 12.0 Å². The van der Waals surface area contributed by atoms with Crippen LogP contribution in [0.5, 0.6) is 0 Å². The highest BCUT2D eigenvalue weighted by atomic mass is 16.4. The largest absolute Gasteiger partial charge is 0.481 e. The number of aromatic nitrogens is 1. The van der Waals surface area contributed by atoms with E-state index in [2.05, 4.69) is 10.3 Å². The molecule has 1 atom stereocenters. The molecule has 1 heterocycles. The van der Waals surface area contributed by atoms with Gasteiger partial charge in [0.1, 0.15) is 11.8 Å². The number of urea groups is 1. The molecule has 21 heavy (non-hydrogen) atoms. The number of carbonyl (C=O) groups is 2. The van der Waals surface area contributed by atoms with Gasteiger partial charge in [-0.15, -0.1) is 0 Å². The average molecular weight is 297 g/mol. The molecule has 2 amide bonds. The molecule has 0 radical (unpaired) electrons. The van der Waals surface area contributed by atoms with Crippen LogP contribution in [0.2, 0.25) is 0 Å². The Balaban J connectivity index is 2.74. The number of hydrogen-bond donors (Lipinski definition) is 2. The topological polar surface area (TPSA) is 95.7 Å². The predicted octanol–water partition coefficient (Wildman–Crippen LogP) is 2.33. The molecule has 0 saturated heterocycles. The molecule has 0 aliphatic rings. The fraction of sp³-hybridized carbons (Fsp3) is 0.643. The highest BCUT2D eigenvalue weighted by molar-refractivity contribution is 5.76. The fourth-order valence-electron chi connectivity index (χ4n) is 1.85. The molecule has 118 valence electrons. The number of carbonyl (C=O) groups excluding carboxylic acids is 1. The second-order valence-corrected chi connectivity index (χ2v) is 5.95. The number of aliphatic carboxylic acids is 1. The van der Waals surface area contributed by atoms with Gasteiger partial charge in [-0.1, -0.05) is 0 Å². The van der Waals surface area contributed by atoms with Gasteiger partial charge in [0.25, 0.3) is 0 Å². The maximum atomic E-state index is 12.3. The second kappa shape index (κ2) is 6.60. The Morgan fingerprint density at radius 2 is 2.10 bits per heavy atom. The number of nitrogens with zero attached hydrogens (tertiary/aromatic N) is 2. The number of oxazole rings is 1. The molecule has 0 fully saturated rings. The van der Waals surface area contributed by atoms with Crippen LogP contribution in [0.15, 0.2) is 10.6 Å². The molecule has 0 aliphatic heterocycles. The van der Waals surface area contributed by atoms with E-state index in [0.717, 1.165) is 0 Å². The molecule has 0 spiro atoms. The third-order valence-electron chi connectivity index (χ3n) is 2.95. The first-order valence-electron chi connectivity index (χ1n) is 6.83. The Bertz CT molecular complexity index is 505. The van der Waals surface area contributed by atoms with Gasteiger partial charge in [0.15, 0.2) is 0 Å². The van der Waals surface area contributed by atoms with Crippen molar-refractivity contribution in [2.45, 2.75) is 52.6 Å². The van der Waals surface area contributed by atoms with Gasteiger partial charge in [0.2, 0.25) is 5.89 Å². The molecule has 1 aromatic heterocycles. The summed E-state index contributed by atoms with van der Waals surface area (Å²) in [4.78, 5) is 28.6. The maximum Gasteiger partial charge on any atom is 0.318 e. The van der Waals surface area contributed by atoms with Crippen molar-refractivity contribution in [2.75, 3.05) is 6.54 Å². The Morgan fingerprint density at radius 3 is 2.52 bits per heavy atom. The summed E-state index contributed by atoms with van der Waals surface area (Å²) in [6.45, 7) is 9.25. The van der Waals surface area contributed by atoms with Gasteiger partial charge in [0, 0.05) is 12.1 Å². The number of carboxylic acid groups (broad SMARTS) is 1. The third-order valence-corrected chi connectivity index (χ3v) is 2.95. The first kappa shape index (κ1) is 17.0. The Labute approximate surface area is 124 Å². The molecule has 2 N–H and O–H groups in total. The first-order chi connectivity index (χ1) is 9.61. The summed E-state index contributed by atoms with van der Waals surface area (Å²) in [5.74, 6) is 0.158. The SMILES string of the molecule is Cc1cnc(C(C)NC(=O)N(CCC(=O)O)C(C)(C)C)o1. The summed E-state index contributed by atoms with van der Waals surface area (Å²) in [6, 6.07) is -0.729. The number of carboxylic acids is 1. The van der Waals surface area contributed by atoms with Crippen LogP contribution in [0.25, 0.3) is 0 Å². The summed E-state index contributed by atoms with van der Waals surface area (Å²) in [5, 5.41) is 11.6. The molecule has 7 heteroatoms. The zero-order valence-corrected chi connectivity index (χ0v) is 13.1.